The summed E-state index contributed by atoms with van der Waals surface area (Å²) < 4.78 is 0. The van der Waals surface area contributed by atoms with Crippen LogP contribution in [0.4, 0.5) is 0 Å². The standard InChI is InChI=1S/C9H22N4/c1-7(2)6-13(8(3)4)9(11-5)12-10/h7-8H,6,10H2,1-5H3,(H,11,12). The fourth-order valence-corrected chi connectivity index (χ4v) is 1.21. The molecule has 0 saturated heterocycles. The van der Waals surface area contributed by atoms with Gasteiger partial charge in [0.25, 0.3) is 0 Å². The number of nitrogens with two attached hydrogens (primary N) is 1. The summed E-state index contributed by atoms with van der Waals surface area (Å²) in [5.74, 6) is 6.73. The Bertz CT molecular complexity index is 163. The normalized spacial score (nSPS) is 12.5. The van der Waals surface area contributed by atoms with Gasteiger partial charge in [0, 0.05) is 19.6 Å². The molecule has 0 fully saturated rings. The van der Waals surface area contributed by atoms with Gasteiger partial charge in [-0.1, -0.05) is 13.8 Å². The minimum atomic E-state index is 0.414. The number of guanidine groups is 1. The highest BCUT2D eigenvalue weighted by Gasteiger charge is 2.14. The summed E-state index contributed by atoms with van der Waals surface area (Å²) >= 11 is 0. The van der Waals surface area contributed by atoms with Crippen LogP contribution in [0.1, 0.15) is 27.7 Å². The summed E-state index contributed by atoms with van der Waals surface area (Å²) in [6.45, 7) is 9.59. The summed E-state index contributed by atoms with van der Waals surface area (Å²) in [7, 11) is 1.74. The highest BCUT2D eigenvalue weighted by atomic mass is 15.4. The molecule has 3 N–H and O–H groups in total. The summed E-state index contributed by atoms with van der Waals surface area (Å²) in [5.41, 5.74) is 2.61. The maximum atomic E-state index is 5.38. The molecule has 0 saturated carbocycles. The van der Waals surface area contributed by atoms with Gasteiger partial charge in [-0.15, -0.1) is 0 Å². The van der Waals surface area contributed by atoms with Crippen LogP contribution in [0.2, 0.25) is 0 Å². The van der Waals surface area contributed by atoms with Crippen molar-refractivity contribution in [2.75, 3.05) is 13.6 Å². The maximum Gasteiger partial charge on any atom is 0.208 e. The van der Waals surface area contributed by atoms with Crippen LogP contribution in [-0.4, -0.2) is 30.5 Å². The van der Waals surface area contributed by atoms with E-state index in [1.54, 1.807) is 7.05 Å². The molecule has 0 bridgehead atoms. The smallest absolute Gasteiger partial charge is 0.208 e. The van der Waals surface area contributed by atoms with Crippen molar-refractivity contribution in [3.05, 3.63) is 0 Å². The lowest BCUT2D eigenvalue weighted by atomic mass is 10.2. The molecule has 0 aliphatic rings. The average molecular weight is 186 g/mol. The summed E-state index contributed by atoms with van der Waals surface area (Å²) in [6.07, 6.45) is 0. The zero-order chi connectivity index (χ0) is 10.4. The van der Waals surface area contributed by atoms with Gasteiger partial charge in [-0.2, -0.15) is 0 Å². The van der Waals surface area contributed by atoms with E-state index in [-0.39, 0.29) is 0 Å². The Morgan fingerprint density at radius 3 is 2.15 bits per heavy atom. The lowest BCUT2D eigenvalue weighted by Gasteiger charge is -2.30. The van der Waals surface area contributed by atoms with Crippen LogP contribution in [0, 0.1) is 5.92 Å². The van der Waals surface area contributed by atoms with Crippen LogP contribution in [0.15, 0.2) is 4.99 Å². The molecule has 4 heteroatoms. The molecular weight excluding hydrogens is 164 g/mol. The Labute approximate surface area is 81.2 Å². The van der Waals surface area contributed by atoms with E-state index in [0.717, 1.165) is 12.5 Å². The van der Waals surface area contributed by atoms with Crippen LogP contribution in [0.5, 0.6) is 0 Å². The zero-order valence-electron chi connectivity index (χ0n) is 9.33. The quantitative estimate of drug-likeness (QED) is 0.297. The van der Waals surface area contributed by atoms with Gasteiger partial charge in [0.2, 0.25) is 5.96 Å². The van der Waals surface area contributed by atoms with Gasteiger partial charge >= 0.3 is 0 Å². The first-order valence-corrected chi connectivity index (χ1v) is 4.73. The van der Waals surface area contributed by atoms with Crippen molar-refractivity contribution in [1.82, 2.24) is 10.3 Å². The Hall–Kier alpha value is -0.770. The predicted molar refractivity (Wildman–Crippen MR) is 57.4 cm³/mol. The van der Waals surface area contributed by atoms with E-state index < -0.39 is 0 Å². The highest BCUT2D eigenvalue weighted by Crippen LogP contribution is 2.03. The van der Waals surface area contributed by atoms with Gasteiger partial charge in [0.05, 0.1) is 0 Å². The molecule has 0 rings (SSSR count). The van der Waals surface area contributed by atoms with Gasteiger partial charge < -0.3 is 4.90 Å². The second-order valence-corrected chi connectivity index (χ2v) is 3.83. The minimum absolute atomic E-state index is 0.414. The molecule has 0 aliphatic carbocycles. The van der Waals surface area contributed by atoms with Crippen molar-refractivity contribution < 1.29 is 0 Å². The van der Waals surface area contributed by atoms with Crippen molar-refractivity contribution in [3.8, 4) is 0 Å². The third kappa shape index (κ3) is 4.12. The lowest BCUT2D eigenvalue weighted by Crippen LogP contribution is -2.49. The van der Waals surface area contributed by atoms with Crippen LogP contribution in [0.25, 0.3) is 0 Å². The highest BCUT2D eigenvalue weighted by molar-refractivity contribution is 5.79. The van der Waals surface area contributed by atoms with Crippen molar-refractivity contribution >= 4 is 5.96 Å². The van der Waals surface area contributed by atoms with E-state index in [1.807, 2.05) is 0 Å². The first-order valence-electron chi connectivity index (χ1n) is 4.73. The van der Waals surface area contributed by atoms with Gasteiger partial charge in [-0.05, 0) is 19.8 Å². The van der Waals surface area contributed by atoms with Gasteiger partial charge in [-0.3, -0.25) is 10.4 Å². The molecule has 0 aliphatic heterocycles. The van der Waals surface area contributed by atoms with Crippen molar-refractivity contribution in [2.45, 2.75) is 33.7 Å². The first-order chi connectivity index (χ1) is 6.02. The van der Waals surface area contributed by atoms with Crippen LogP contribution < -0.4 is 11.3 Å². The maximum absolute atomic E-state index is 5.38. The second kappa shape index (κ2) is 5.80. The minimum Gasteiger partial charge on any atom is -0.339 e. The molecule has 0 atom stereocenters. The van der Waals surface area contributed by atoms with Crippen molar-refractivity contribution in [3.63, 3.8) is 0 Å². The van der Waals surface area contributed by atoms with Crippen LogP contribution in [-0.2, 0) is 0 Å². The molecule has 13 heavy (non-hydrogen) atoms. The number of hydrazine groups is 1. The summed E-state index contributed by atoms with van der Waals surface area (Å²) in [5, 5.41) is 0. The van der Waals surface area contributed by atoms with E-state index in [1.165, 1.54) is 0 Å². The average Bonchev–Trinajstić information content (AvgIpc) is 2.04. The lowest BCUT2D eigenvalue weighted by molar-refractivity contribution is 0.301. The van der Waals surface area contributed by atoms with E-state index in [9.17, 15) is 0 Å². The number of aliphatic imine (C=N–C) groups is 1. The topological polar surface area (TPSA) is 53.6 Å². The van der Waals surface area contributed by atoms with Crippen LogP contribution in [0.3, 0.4) is 0 Å². The Morgan fingerprint density at radius 2 is 1.92 bits per heavy atom. The number of nitrogens with one attached hydrogen (secondary N) is 1. The van der Waals surface area contributed by atoms with Gasteiger partial charge in [-0.25, -0.2) is 5.84 Å². The monoisotopic (exact) mass is 186 g/mol. The molecule has 0 amide bonds. The van der Waals surface area contributed by atoms with Crippen molar-refractivity contribution in [2.24, 2.45) is 16.8 Å². The molecule has 78 valence electrons. The molecule has 0 aromatic heterocycles. The Balaban J connectivity index is 4.40. The van der Waals surface area contributed by atoms with E-state index in [2.05, 4.69) is 43.0 Å². The molecular formula is C9H22N4. The molecule has 0 radical (unpaired) electrons. The molecule has 0 spiro atoms. The molecule has 4 nitrogen and oxygen atoms in total. The van der Waals surface area contributed by atoms with Gasteiger partial charge in [0.1, 0.15) is 0 Å². The fourth-order valence-electron chi connectivity index (χ4n) is 1.21. The van der Waals surface area contributed by atoms with Gasteiger partial charge in [0.15, 0.2) is 0 Å². The van der Waals surface area contributed by atoms with E-state index in [0.29, 0.717) is 12.0 Å². The van der Waals surface area contributed by atoms with Crippen molar-refractivity contribution in [1.29, 1.82) is 0 Å². The predicted octanol–water partition coefficient (Wildman–Crippen LogP) is 0.802. The molecule has 0 aromatic rings. The third-order valence-corrected chi connectivity index (χ3v) is 1.80. The Morgan fingerprint density at radius 1 is 1.38 bits per heavy atom. The zero-order valence-corrected chi connectivity index (χ0v) is 9.33. The van der Waals surface area contributed by atoms with Crippen LogP contribution >= 0.6 is 0 Å². The number of hydrogen-bond acceptors (Lipinski definition) is 2. The summed E-state index contributed by atoms with van der Waals surface area (Å²) in [6, 6.07) is 0.414. The number of nitrogens with zero attached hydrogens (tertiary/aromatic N) is 2. The first kappa shape index (κ1) is 12.2. The molecule has 0 aromatic carbocycles. The number of hydrogen-bond donors (Lipinski definition) is 2. The van der Waals surface area contributed by atoms with E-state index >= 15 is 0 Å². The Kier molecular flexibility index (Phi) is 5.46. The third-order valence-electron chi connectivity index (χ3n) is 1.80. The van der Waals surface area contributed by atoms with E-state index in [4.69, 9.17) is 5.84 Å². The number of rotatable bonds is 3. The second-order valence-electron chi connectivity index (χ2n) is 3.83. The fraction of sp³-hybridized carbons (Fsp3) is 0.889. The summed E-state index contributed by atoms with van der Waals surface area (Å²) in [4.78, 5) is 6.25. The molecule has 0 heterocycles. The SMILES string of the molecule is CN=C(NN)N(CC(C)C)C(C)C. The largest absolute Gasteiger partial charge is 0.339 e. The molecule has 0 unspecified atom stereocenters.